The van der Waals surface area contributed by atoms with Crippen LogP contribution in [0.3, 0.4) is 0 Å². The number of hydrogen-bond donors (Lipinski definition) is 1. The highest BCUT2D eigenvalue weighted by atomic mass is 16.3. The normalized spacial score (nSPS) is 29.6. The molecule has 1 aliphatic heterocycles. The third-order valence-electron chi connectivity index (χ3n) is 2.27. The van der Waals surface area contributed by atoms with E-state index in [1.165, 1.54) is 0 Å². The number of rotatable bonds is 1. The van der Waals surface area contributed by atoms with Crippen LogP contribution in [0.25, 0.3) is 0 Å². The second-order valence-electron chi connectivity index (χ2n) is 3.74. The summed E-state index contributed by atoms with van der Waals surface area (Å²) in [5.74, 6) is -0.127. The van der Waals surface area contributed by atoms with E-state index in [2.05, 4.69) is 0 Å². The van der Waals surface area contributed by atoms with Gasteiger partial charge in [-0.15, -0.1) is 0 Å². The lowest BCUT2D eigenvalue weighted by Gasteiger charge is -2.19. The number of aliphatic hydroxyl groups is 1. The first-order chi connectivity index (χ1) is 4.99. The molecule has 1 aliphatic rings. The number of carbonyl (C=O) groups excluding carboxylic acids is 1. The van der Waals surface area contributed by atoms with E-state index in [4.69, 9.17) is 0 Å². The van der Waals surface area contributed by atoms with E-state index in [1.807, 2.05) is 20.8 Å². The van der Waals surface area contributed by atoms with Crippen molar-refractivity contribution in [3.63, 3.8) is 0 Å². The molecule has 0 spiro atoms. The van der Waals surface area contributed by atoms with Crippen LogP contribution in [0.1, 0.15) is 20.8 Å². The predicted octanol–water partition coefficient (Wildman–Crippen LogP) is 0.236. The molecule has 1 unspecified atom stereocenters. The first-order valence-electron chi connectivity index (χ1n) is 3.96. The molecule has 0 bridgehead atoms. The molecule has 0 radical (unpaired) electrons. The van der Waals surface area contributed by atoms with Crippen LogP contribution in [0.5, 0.6) is 0 Å². The van der Waals surface area contributed by atoms with Crippen molar-refractivity contribution in [1.82, 2.24) is 4.90 Å². The monoisotopic (exact) mass is 157 g/mol. The molecule has 3 heteroatoms. The molecule has 1 atom stereocenters. The quantitative estimate of drug-likeness (QED) is 0.592. The van der Waals surface area contributed by atoms with Gasteiger partial charge >= 0.3 is 0 Å². The van der Waals surface area contributed by atoms with Crippen LogP contribution in [0.15, 0.2) is 0 Å². The van der Waals surface area contributed by atoms with Gasteiger partial charge in [-0.25, -0.2) is 0 Å². The van der Waals surface area contributed by atoms with Crippen molar-refractivity contribution < 1.29 is 9.90 Å². The summed E-state index contributed by atoms with van der Waals surface area (Å²) in [5.41, 5.74) is -0.271. The minimum atomic E-state index is -0.803. The maximum Gasteiger partial charge on any atom is 0.252 e. The Kier molecular flexibility index (Phi) is 1.92. The molecule has 64 valence electrons. The Morgan fingerprint density at radius 3 is 2.45 bits per heavy atom. The Bertz CT molecular complexity index is 177. The van der Waals surface area contributed by atoms with Gasteiger partial charge in [-0.1, -0.05) is 13.8 Å². The Hall–Kier alpha value is -0.570. The fraction of sp³-hybridized carbons (Fsp3) is 0.875. The number of hydrogen-bond acceptors (Lipinski definition) is 2. The van der Waals surface area contributed by atoms with Crippen molar-refractivity contribution in [2.24, 2.45) is 5.41 Å². The number of amides is 1. The van der Waals surface area contributed by atoms with E-state index in [9.17, 15) is 9.90 Å². The predicted molar refractivity (Wildman–Crippen MR) is 42.0 cm³/mol. The molecule has 0 saturated carbocycles. The van der Waals surface area contributed by atoms with Crippen molar-refractivity contribution in [3.05, 3.63) is 0 Å². The summed E-state index contributed by atoms with van der Waals surface area (Å²) in [4.78, 5) is 12.9. The highest BCUT2D eigenvalue weighted by Crippen LogP contribution is 2.29. The summed E-state index contributed by atoms with van der Waals surface area (Å²) < 4.78 is 0. The molecule has 0 aliphatic carbocycles. The van der Waals surface area contributed by atoms with Crippen molar-refractivity contribution >= 4 is 5.91 Å². The van der Waals surface area contributed by atoms with Gasteiger partial charge in [0.15, 0.2) is 0 Å². The van der Waals surface area contributed by atoms with E-state index >= 15 is 0 Å². The SMILES string of the molecule is CCN1CC(C)(C)C(O)C1=O. The lowest BCUT2D eigenvalue weighted by molar-refractivity contribution is -0.135. The average molecular weight is 157 g/mol. The van der Waals surface area contributed by atoms with Gasteiger partial charge in [0, 0.05) is 18.5 Å². The van der Waals surface area contributed by atoms with E-state index in [-0.39, 0.29) is 11.3 Å². The Balaban J connectivity index is 2.77. The summed E-state index contributed by atoms with van der Waals surface area (Å²) in [7, 11) is 0. The molecule has 0 aromatic carbocycles. The molecule has 1 N–H and O–H groups in total. The van der Waals surface area contributed by atoms with Crippen LogP contribution >= 0.6 is 0 Å². The van der Waals surface area contributed by atoms with Gasteiger partial charge in [-0.2, -0.15) is 0 Å². The average Bonchev–Trinajstić information content (AvgIpc) is 2.13. The highest BCUT2D eigenvalue weighted by molar-refractivity contribution is 5.84. The fourth-order valence-electron chi connectivity index (χ4n) is 1.43. The zero-order valence-corrected chi connectivity index (χ0v) is 7.29. The summed E-state index contributed by atoms with van der Waals surface area (Å²) in [6.45, 7) is 7.10. The summed E-state index contributed by atoms with van der Waals surface area (Å²) in [5, 5.41) is 9.44. The van der Waals surface area contributed by atoms with Crippen molar-refractivity contribution in [3.8, 4) is 0 Å². The molecule has 1 rings (SSSR count). The fourth-order valence-corrected chi connectivity index (χ4v) is 1.43. The molecule has 1 fully saturated rings. The van der Waals surface area contributed by atoms with E-state index in [1.54, 1.807) is 4.90 Å². The minimum absolute atomic E-state index is 0.127. The molecular weight excluding hydrogens is 142 g/mol. The zero-order chi connectivity index (χ0) is 8.65. The standard InChI is InChI=1S/C8H15NO2/c1-4-9-5-8(2,3)6(10)7(9)11/h6,10H,4-5H2,1-3H3. The molecule has 0 aromatic heterocycles. The molecule has 0 aromatic rings. The topological polar surface area (TPSA) is 40.5 Å². The first-order valence-corrected chi connectivity index (χ1v) is 3.96. The molecule has 3 nitrogen and oxygen atoms in total. The lowest BCUT2D eigenvalue weighted by atomic mass is 9.90. The van der Waals surface area contributed by atoms with Gasteiger partial charge in [0.25, 0.3) is 5.91 Å². The second kappa shape index (κ2) is 2.48. The van der Waals surface area contributed by atoms with Gasteiger partial charge in [-0.3, -0.25) is 4.79 Å². The number of nitrogens with zero attached hydrogens (tertiary/aromatic N) is 1. The molecule has 1 saturated heterocycles. The van der Waals surface area contributed by atoms with E-state index < -0.39 is 6.10 Å². The number of likely N-dealkylation sites (tertiary alicyclic amines) is 1. The van der Waals surface area contributed by atoms with Crippen LogP contribution in [0, 0.1) is 5.41 Å². The number of likely N-dealkylation sites (N-methyl/N-ethyl adjacent to an activating group) is 1. The van der Waals surface area contributed by atoms with Gasteiger partial charge in [0.1, 0.15) is 6.10 Å². The highest BCUT2D eigenvalue weighted by Gasteiger charge is 2.44. The first kappa shape index (κ1) is 8.53. The van der Waals surface area contributed by atoms with Gasteiger partial charge in [0.05, 0.1) is 0 Å². The third kappa shape index (κ3) is 1.25. The third-order valence-corrected chi connectivity index (χ3v) is 2.27. The van der Waals surface area contributed by atoms with Crippen LogP contribution in [-0.2, 0) is 4.79 Å². The van der Waals surface area contributed by atoms with Crippen molar-refractivity contribution in [1.29, 1.82) is 0 Å². The smallest absolute Gasteiger partial charge is 0.252 e. The molecule has 1 heterocycles. The van der Waals surface area contributed by atoms with Gasteiger partial charge < -0.3 is 10.0 Å². The van der Waals surface area contributed by atoms with Crippen LogP contribution in [-0.4, -0.2) is 35.1 Å². The van der Waals surface area contributed by atoms with Crippen molar-refractivity contribution in [2.45, 2.75) is 26.9 Å². The second-order valence-corrected chi connectivity index (χ2v) is 3.74. The maximum absolute atomic E-state index is 11.2. The molecule has 1 amide bonds. The number of aliphatic hydroxyl groups excluding tert-OH is 1. The Morgan fingerprint density at radius 1 is 1.73 bits per heavy atom. The Morgan fingerprint density at radius 2 is 2.27 bits per heavy atom. The van der Waals surface area contributed by atoms with Crippen LogP contribution in [0.4, 0.5) is 0 Å². The largest absolute Gasteiger partial charge is 0.383 e. The van der Waals surface area contributed by atoms with E-state index in [0.29, 0.717) is 13.1 Å². The minimum Gasteiger partial charge on any atom is -0.383 e. The van der Waals surface area contributed by atoms with E-state index in [0.717, 1.165) is 0 Å². The number of carbonyl (C=O) groups is 1. The lowest BCUT2D eigenvalue weighted by Crippen LogP contribution is -2.30. The summed E-state index contributed by atoms with van der Waals surface area (Å²) in [6.07, 6.45) is -0.803. The molecular formula is C8H15NO2. The van der Waals surface area contributed by atoms with Gasteiger partial charge in [-0.05, 0) is 6.92 Å². The van der Waals surface area contributed by atoms with Crippen LogP contribution < -0.4 is 0 Å². The summed E-state index contributed by atoms with van der Waals surface area (Å²) in [6, 6.07) is 0. The van der Waals surface area contributed by atoms with Gasteiger partial charge in [0.2, 0.25) is 0 Å². The van der Waals surface area contributed by atoms with Crippen molar-refractivity contribution in [2.75, 3.05) is 13.1 Å². The Labute approximate surface area is 67.0 Å². The maximum atomic E-state index is 11.2. The summed E-state index contributed by atoms with van der Waals surface area (Å²) >= 11 is 0. The zero-order valence-electron chi connectivity index (χ0n) is 7.29. The van der Waals surface area contributed by atoms with Crippen LogP contribution in [0.2, 0.25) is 0 Å². The molecule has 11 heavy (non-hydrogen) atoms.